The minimum atomic E-state index is 0.362. The normalized spacial score (nSPS) is 10.0. The largest absolute Gasteiger partial charge is 0.508 e. The molecular weight excluding hydrogens is 162 g/mol. The molecule has 0 bridgehead atoms. The highest BCUT2D eigenvalue weighted by atomic mass is 16.3. The van der Waals surface area contributed by atoms with Gasteiger partial charge in [-0.3, -0.25) is 0 Å². The van der Waals surface area contributed by atoms with Crippen LogP contribution < -0.4 is 5.32 Å². The van der Waals surface area contributed by atoms with Crippen molar-refractivity contribution < 1.29 is 5.11 Å². The molecule has 0 radical (unpaired) electrons. The smallest absolute Gasteiger partial charge is 0.120 e. The SMILES string of the molecule is CCCCNc1cccc(O)c1C. The van der Waals surface area contributed by atoms with Gasteiger partial charge in [-0.2, -0.15) is 0 Å². The van der Waals surface area contributed by atoms with E-state index in [2.05, 4.69) is 12.2 Å². The molecule has 0 unspecified atom stereocenters. The van der Waals surface area contributed by atoms with Crippen molar-refractivity contribution in [2.75, 3.05) is 11.9 Å². The number of aromatic hydroxyl groups is 1. The Bertz CT molecular complexity index is 271. The van der Waals surface area contributed by atoms with E-state index in [-0.39, 0.29) is 0 Å². The van der Waals surface area contributed by atoms with Crippen molar-refractivity contribution in [3.63, 3.8) is 0 Å². The zero-order chi connectivity index (χ0) is 9.68. The van der Waals surface area contributed by atoms with Crippen LogP contribution in [0.15, 0.2) is 18.2 Å². The summed E-state index contributed by atoms with van der Waals surface area (Å²) in [5.74, 6) is 0.362. The number of nitrogens with one attached hydrogen (secondary N) is 1. The number of hydrogen-bond donors (Lipinski definition) is 2. The van der Waals surface area contributed by atoms with E-state index in [0.717, 1.165) is 24.2 Å². The molecule has 0 saturated carbocycles. The lowest BCUT2D eigenvalue weighted by molar-refractivity contribution is 0.471. The van der Waals surface area contributed by atoms with Gasteiger partial charge in [-0.15, -0.1) is 0 Å². The van der Waals surface area contributed by atoms with Gasteiger partial charge in [0.1, 0.15) is 5.75 Å². The number of unbranched alkanes of at least 4 members (excludes halogenated alkanes) is 1. The van der Waals surface area contributed by atoms with Gasteiger partial charge in [-0.25, -0.2) is 0 Å². The Kier molecular flexibility index (Phi) is 3.62. The van der Waals surface area contributed by atoms with Gasteiger partial charge in [0.2, 0.25) is 0 Å². The highest BCUT2D eigenvalue weighted by molar-refractivity contribution is 5.56. The molecule has 0 heterocycles. The first-order chi connectivity index (χ1) is 6.25. The number of phenolic OH excluding ortho intramolecular Hbond substituents is 1. The molecule has 0 atom stereocenters. The summed E-state index contributed by atoms with van der Waals surface area (Å²) in [4.78, 5) is 0. The van der Waals surface area contributed by atoms with Crippen LogP contribution >= 0.6 is 0 Å². The van der Waals surface area contributed by atoms with Crippen LogP contribution in [0.25, 0.3) is 0 Å². The fourth-order valence-electron chi connectivity index (χ4n) is 1.21. The molecule has 2 nitrogen and oxygen atoms in total. The maximum atomic E-state index is 9.42. The predicted molar refractivity (Wildman–Crippen MR) is 56.2 cm³/mol. The van der Waals surface area contributed by atoms with Crippen LogP contribution in [0.1, 0.15) is 25.3 Å². The Morgan fingerprint density at radius 2 is 2.15 bits per heavy atom. The Morgan fingerprint density at radius 1 is 1.38 bits per heavy atom. The summed E-state index contributed by atoms with van der Waals surface area (Å²) >= 11 is 0. The molecule has 2 N–H and O–H groups in total. The monoisotopic (exact) mass is 179 g/mol. The Balaban J connectivity index is 2.61. The third-order valence-corrected chi connectivity index (χ3v) is 2.15. The standard InChI is InChI=1S/C11H17NO/c1-3-4-8-12-10-6-5-7-11(13)9(10)2/h5-7,12-13H,3-4,8H2,1-2H3. The van der Waals surface area contributed by atoms with E-state index in [1.54, 1.807) is 6.07 Å². The average Bonchev–Trinajstić information content (AvgIpc) is 2.13. The summed E-state index contributed by atoms with van der Waals surface area (Å²) in [6, 6.07) is 5.56. The number of hydrogen-bond acceptors (Lipinski definition) is 2. The van der Waals surface area contributed by atoms with Gasteiger partial charge < -0.3 is 10.4 Å². The van der Waals surface area contributed by atoms with Crippen LogP contribution in [0.4, 0.5) is 5.69 Å². The third kappa shape index (κ3) is 2.65. The zero-order valence-corrected chi connectivity index (χ0v) is 8.30. The van der Waals surface area contributed by atoms with Gasteiger partial charge in [-0.1, -0.05) is 19.4 Å². The molecule has 72 valence electrons. The Labute approximate surface area is 79.6 Å². The number of phenols is 1. The van der Waals surface area contributed by atoms with Gasteiger partial charge in [0.05, 0.1) is 0 Å². The molecule has 1 aromatic carbocycles. The van der Waals surface area contributed by atoms with Crippen molar-refractivity contribution in [2.45, 2.75) is 26.7 Å². The first-order valence-electron chi connectivity index (χ1n) is 4.78. The molecule has 2 heteroatoms. The summed E-state index contributed by atoms with van der Waals surface area (Å²) < 4.78 is 0. The topological polar surface area (TPSA) is 32.3 Å². The lowest BCUT2D eigenvalue weighted by Gasteiger charge is -2.09. The summed E-state index contributed by atoms with van der Waals surface area (Å²) in [5, 5.41) is 12.7. The van der Waals surface area contributed by atoms with Crippen LogP contribution in [0, 0.1) is 6.92 Å². The van der Waals surface area contributed by atoms with Gasteiger partial charge in [-0.05, 0) is 25.5 Å². The van der Waals surface area contributed by atoms with Crippen molar-refractivity contribution in [1.82, 2.24) is 0 Å². The van der Waals surface area contributed by atoms with Crippen LogP contribution in [-0.4, -0.2) is 11.7 Å². The van der Waals surface area contributed by atoms with E-state index in [1.165, 1.54) is 6.42 Å². The fraction of sp³-hybridized carbons (Fsp3) is 0.455. The molecule has 0 amide bonds. The minimum absolute atomic E-state index is 0.362. The molecule has 0 aromatic heterocycles. The summed E-state index contributed by atoms with van der Waals surface area (Å²) in [6.07, 6.45) is 2.35. The Morgan fingerprint density at radius 3 is 2.85 bits per heavy atom. The maximum Gasteiger partial charge on any atom is 0.120 e. The molecule has 0 saturated heterocycles. The fourth-order valence-corrected chi connectivity index (χ4v) is 1.21. The number of rotatable bonds is 4. The average molecular weight is 179 g/mol. The van der Waals surface area contributed by atoms with Crippen molar-refractivity contribution in [2.24, 2.45) is 0 Å². The van der Waals surface area contributed by atoms with Crippen molar-refractivity contribution >= 4 is 5.69 Å². The maximum absolute atomic E-state index is 9.42. The highest BCUT2D eigenvalue weighted by Gasteiger charge is 2.00. The van der Waals surface area contributed by atoms with E-state index in [1.807, 2.05) is 19.1 Å². The molecule has 0 aliphatic carbocycles. The molecule has 0 aliphatic heterocycles. The molecule has 1 rings (SSSR count). The third-order valence-electron chi connectivity index (χ3n) is 2.15. The molecule has 1 aromatic rings. The van der Waals surface area contributed by atoms with Gasteiger partial charge in [0.15, 0.2) is 0 Å². The first kappa shape index (κ1) is 9.90. The second kappa shape index (κ2) is 4.75. The lowest BCUT2D eigenvalue weighted by Crippen LogP contribution is -2.02. The van der Waals surface area contributed by atoms with Crippen LogP contribution in [0.5, 0.6) is 5.75 Å². The molecule has 0 spiro atoms. The predicted octanol–water partition coefficient (Wildman–Crippen LogP) is 2.91. The van der Waals surface area contributed by atoms with Crippen molar-refractivity contribution in [3.05, 3.63) is 23.8 Å². The zero-order valence-electron chi connectivity index (χ0n) is 8.30. The second-order valence-corrected chi connectivity index (χ2v) is 3.23. The number of benzene rings is 1. The molecule has 0 aliphatic rings. The second-order valence-electron chi connectivity index (χ2n) is 3.23. The minimum Gasteiger partial charge on any atom is -0.508 e. The lowest BCUT2D eigenvalue weighted by atomic mass is 10.2. The Hall–Kier alpha value is -1.18. The highest BCUT2D eigenvalue weighted by Crippen LogP contribution is 2.23. The van der Waals surface area contributed by atoms with Crippen LogP contribution in [-0.2, 0) is 0 Å². The van der Waals surface area contributed by atoms with Crippen molar-refractivity contribution in [1.29, 1.82) is 0 Å². The van der Waals surface area contributed by atoms with E-state index in [4.69, 9.17) is 0 Å². The van der Waals surface area contributed by atoms with Gasteiger partial charge >= 0.3 is 0 Å². The van der Waals surface area contributed by atoms with Gasteiger partial charge in [0.25, 0.3) is 0 Å². The van der Waals surface area contributed by atoms with Crippen LogP contribution in [0.3, 0.4) is 0 Å². The van der Waals surface area contributed by atoms with E-state index in [0.29, 0.717) is 5.75 Å². The first-order valence-corrected chi connectivity index (χ1v) is 4.78. The molecular formula is C11H17NO. The van der Waals surface area contributed by atoms with Crippen LogP contribution in [0.2, 0.25) is 0 Å². The summed E-state index contributed by atoms with van der Waals surface area (Å²) in [5.41, 5.74) is 1.96. The van der Waals surface area contributed by atoms with E-state index in [9.17, 15) is 5.11 Å². The van der Waals surface area contributed by atoms with E-state index < -0.39 is 0 Å². The molecule has 13 heavy (non-hydrogen) atoms. The number of anilines is 1. The van der Waals surface area contributed by atoms with Gasteiger partial charge in [0, 0.05) is 17.8 Å². The summed E-state index contributed by atoms with van der Waals surface area (Å²) in [7, 11) is 0. The molecule has 0 fully saturated rings. The van der Waals surface area contributed by atoms with Crippen molar-refractivity contribution in [3.8, 4) is 5.75 Å². The van der Waals surface area contributed by atoms with E-state index >= 15 is 0 Å². The summed E-state index contributed by atoms with van der Waals surface area (Å²) in [6.45, 7) is 5.06. The quantitative estimate of drug-likeness (QED) is 0.696.